The summed E-state index contributed by atoms with van der Waals surface area (Å²) in [7, 11) is 0. The van der Waals surface area contributed by atoms with Gasteiger partial charge in [-0.05, 0) is 36.0 Å². The first-order valence-corrected chi connectivity index (χ1v) is 6.84. The van der Waals surface area contributed by atoms with Gasteiger partial charge in [-0.3, -0.25) is 4.98 Å². The maximum atomic E-state index is 10.3. The van der Waals surface area contributed by atoms with Crippen LogP contribution in [0, 0.1) is 0 Å². The largest absolute Gasteiger partial charge is 0.389 e. The van der Waals surface area contributed by atoms with Crippen LogP contribution in [0.25, 0.3) is 0 Å². The first kappa shape index (κ1) is 11.9. The van der Waals surface area contributed by atoms with Crippen molar-refractivity contribution in [2.75, 3.05) is 18.1 Å². The Morgan fingerprint density at radius 2 is 2.25 bits per heavy atom. The van der Waals surface area contributed by atoms with Gasteiger partial charge < -0.3 is 10.4 Å². The Labute approximate surface area is 101 Å². The van der Waals surface area contributed by atoms with E-state index in [1.165, 1.54) is 0 Å². The third-order valence-electron chi connectivity index (χ3n) is 2.93. The van der Waals surface area contributed by atoms with Gasteiger partial charge in [0.1, 0.15) is 0 Å². The van der Waals surface area contributed by atoms with Crippen LogP contribution in [0.1, 0.15) is 18.4 Å². The van der Waals surface area contributed by atoms with E-state index in [0.717, 1.165) is 36.5 Å². The first-order valence-electron chi connectivity index (χ1n) is 5.68. The van der Waals surface area contributed by atoms with Crippen LogP contribution in [-0.2, 0) is 6.54 Å². The quantitative estimate of drug-likeness (QED) is 0.833. The van der Waals surface area contributed by atoms with Crippen molar-refractivity contribution in [1.29, 1.82) is 0 Å². The Bertz CT molecular complexity index is 312. The van der Waals surface area contributed by atoms with Gasteiger partial charge in [-0.25, -0.2) is 0 Å². The predicted octanol–water partition coefficient (Wildman–Crippen LogP) is 1.43. The van der Waals surface area contributed by atoms with Crippen LogP contribution in [0.2, 0.25) is 0 Å². The number of aromatic nitrogens is 1. The molecular formula is C12H18N2OS. The molecule has 0 aliphatic carbocycles. The average Bonchev–Trinajstić information content (AvgIpc) is 2.31. The first-order chi connectivity index (χ1) is 7.79. The molecule has 0 radical (unpaired) electrons. The molecule has 1 aromatic rings. The highest BCUT2D eigenvalue weighted by atomic mass is 32.2. The van der Waals surface area contributed by atoms with Gasteiger partial charge in [0.2, 0.25) is 0 Å². The molecule has 2 N–H and O–H groups in total. The second-order valence-electron chi connectivity index (χ2n) is 4.30. The Kier molecular flexibility index (Phi) is 4.21. The molecular weight excluding hydrogens is 220 g/mol. The van der Waals surface area contributed by atoms with E-state index in [2.05, 4.69) is 10.3 Å². The standard InChI is InChI=1S/C12H18N2OS/c15-12(3-6-16-7-4-12)10-14-9-11-2-1-5-13-8-11/h1-2,5,8,14-15H,3-4,6-7,9-10H2. The molecule has 88 valence electrons. The van der Waals surface area contributed by atoms with E-state index in [0.29, 0.717) is 6.54 Å². The Morgan fingerprint density at radius 3 is 2.94 bits per heavy atom. The minimum Gasteiger partial charge on any atom is -0.389 e. The van der Waals surface area contributed by atoms with E-state index in [-0.39, 0.29) is 0 Å². The van der Waals surface area contributed by atoms with E-state index < -0.39 is 5.60 Å². The summed E-state index contributed by atoms with van der Waals surface area (Å²) in [5.74, 6) is 2.15. The Hall–Kier alpha value is -0.580. The van der Waals surface area contributed by atoms with Crippen LogP contribution in [-0.4, -0.2) is 33.7 Å². The molecule has 1 aliphatic heterocycles. The lowest BCUT2D eigenvalue weighted by atomic mass is 9.97. The maximum absolute atomic E-state index is 10.3. The van der Waals surface area contributed by atoms with Gasteiger partial charge in [-0.2, -0.15) is 11.8 Å². The van der Waals surface area contributed by atoms with E-state index in [1.807, 2.05) is 30.1 Å². The van der Waals surface area contributed by atoms with Gasteiger partial charge in [-0.1, -0.05) is 6.07 Å². The summed E-state index contributed by atoms with van der Waals surface area (Å²) in [6.45, 7) is 1.46. The lowest BCUT2D eigenvalue weighted by Gasteiger charge is -2.31. The van der Waals surface area contributed by atoms with Gasteiger partial charge in [0.25, 0.3) is 0 Å². The number of hydrogen-bond donors (Lipinski definition) is 2. The molecule has 2 rings (SSSR count). The van der Waals surface area contributed by atoms with Crippen LogP contribution in [0.3, 0.4) is 0 Å². The summed E-state index contributed by atoms with van der Waals surface area (Å²) in [6, 6.07) is 3.98. The van der Waals surface area contributed by atoms with E-state index in [1.54, 1.807) is 6.20 Å². The maximum Gasteiger partial charge on any atom is 0.0787 e. The normalized spacial score (nSPS) is 19.6. The van der Waals surface area contributed by atoms with Crippen LogP contribution < -0.4 is 5.32 Å². The summed E-state index contributed by atoms with van der Waals surface area (Å²) in [5.41, 5.74) is 0.671. The summed E-state index contributed by atoms with van der Waals surface area (Å²) >= 11 is 1.93. The highest BCUT2D eigenvalue weighted by Gasteiger charge is 2.28. The van der Waals surface area contributed by atoms with E-state index in [4.69, 9.17) is 0 Å². The minimum absolute atomic E-state index is 0.493. The molecule has 0 amide bonds. The zero-order valence-electron chi connectivity index (χ0n) is 9.35. The molecule has 0 bridgehead atoms. The molecule has 1 fully saturated rings. The molecule has 0 unspecified atom stereocenters. The molecule has 2 heterocycles. The molecule has 0 saturated carbocycles. The molecule has 1 saturated heterocycles. The highest BCUT2D eigenvalue weighted by Crippen LogP contribution is 2.26. The number of nitrogens with zero attached hydrogens (tertiary/aromatic N) is 1. The summed E-state index contributed by atoms with van der Waals surface area (Å²) < 4.78 is 0. The number of aliphatic hydroxyl groups is 1. The average molecular weight is 238 g/mol. The topological polar surface area (TPSA) is 45.1 Å². The summed E-state index contributed by atoms with van der Waals surface area (Å²) in [5, 5.41) is 13.6. The lowest BCUT2D eigenvalue weighted by Crippen LogP contribution is -2.43. The van der Waals surface area contributed by atoms with Crippen molar-refractivity contribution in [3.05, 3.63) is 30.1 Å². The Balaban J connectivity index is 1.75. The van der Waals surface area contributed by atoms with Crippen LogP contribution >= 0.6 is 11.8 Å². The summed E-state index contributed by atoms with van der Waals surface area (Å²) in [4.78, 5) is 4.06. The monoisotopic (exact) mass is 238 g/mol. The van der Waals surface area contributed by atoms with Gasteiger partial charge in [-0.15, -0.1) is 0 Å². The van der Waals surface area contributed by atoms with E-state index >= 15 is 0 Å². The van der Waals surface area contributed by atoms with Gasteiger partial charge >= 0.3 is 0 Å². The SMILES string of the molecule is OC1(CNCc2cccnc2)CCSCC1. The highest BCUT2D eigenvalue weighted by molar-refractivity contribution is 7.99. The molecule has 1 aliphatic rings. The van der Waals surface area contributed by atoms with E-state index in [9.17, 15) is 5.11 Å². The van der Waals surface area contributed by atoms with Crippen LogP contribution in [0.4, 0.5) is 0 Å². The molecule has 16 heavy (non-hydrogen) atoms. The third-order valence-corrected chi connectivity index (χ3v) is 3.92. The Morgan fingerprint density at radius 1 is 1.44 bits per heavy atom. The van der Waals surface area contributed by atoms with Crippen LogP contribution in [0.15, 0.2) is 24.5 Å². The smallest absolute Gasteiger partial charge is 0.0787 e. The number of thioether (sulfide) groups is 1. The van der Waals surface area contributed by atoms with Crippen molar-refractivity contribution in [1.82, 2.24) is 10.3 Å². The van der Waals surface area contributed by atoms with Crippen molar-refractivity contribution in [2.24, 2.45) is 0 Å². The van der Waals surface area contributed by atoms with Gasteiger partial charge in [0.15, 0.2) is 0 Å². The molecule has 0 atom stereocenters. The molecule has 4 heteroatoms. The van der Waals surface area contributed by atoms with Crippen molar-refractivity contribution in [3.8, 4) is 0 Å². The number of nitrogens with one attached hydrogen (secondary N) is 1. The van der Waals surface area contributed by atoms with Gasteiger partial charge in [0.05, 0.1) is 5.60 Å². The van der Waals surface area contributed by atoms with Crippen molar-refractivity contribution in [3.63, 3.8) is 0 Å². The lowest BCUT2D eigenvalue weighted by molar-refractivity contribution is 0.0320. The fraction of sp³-hybridized carbons (Fsp3) is 0.583. The second kappa shape index (κ2) is 5.66. The zero-order chi connectivity index (χ0) is 11.3. The fourth-order valence-corrected chi connectivity index (χ4v) is 3.12. The fourth-order valence-electron chi connectivity index (χ4n) is 1.87. The molecule has 0 aromatic carbocycles. The summed E-state index contributed by atoms with van der Waals surface area (Å²) in [6.07, 6.45) is 5.43. The van der Waals surface area contributed by atoms with Crippen LogP contribution in [0.5, 0.6) is 0 Å². The zero-order valence-corrected chi connectivity index (χ0v) is 10.2. The van der Waals surface area contributed by atoms with Crippen molar-refractivity contribution < 1.29 is 5.11 Å². The van der Waals surface area contributed by atoms with Gasteiger partial charge in [0, 0.05) is 25.5 Å². The predicted molar refractivity (Wildman–Crippen MR) is 67.5 cm³/mol. The molecule has 0 spiro atoms. The van der Waals surface area contributed by atoms with Crippen molar-refractivity contribution in [2.45, 2.75) is 25.0 Å². The molecule has 3 nitrogen and oxygen atoms in total. The minimum atomic E-state index is -0.493. The second-order valence-corrected chi connectivity index (χ2v) is 5.53. The number of hydrogen-bond acceptors (Lipinski definition) is 4. The van der Waals surface area contributed by atoms with Crippen molar-refractivity contribution >= 4 is 11.8 Å². The number of pyridine rings is 1. The third kappa shape index (κ3) is 3.47. The number of rotatable bonds is 4. The molecule has 1 aromatic heterocycles.